The Hall–Kier alpha value is -1.57. The SMILES string of the molecule is C/C=C(\C(=O)OC(C)C)c1ccccc1. The number of rotatable bonds is 3. The number of esters is 1. The van der Waals surface area contributed by atoms with Crippen LogP contribution in [-0.2, 0) is 9.53 Å². The van der Waals surface area contributed by atoms with Gasteiger partial charge in [0.1, 0.15) is 0 Å². The monoisotopic (exact) mass is 204 g/mol. The molecule has 0 bridgehead atoms. The van der Waals surface area contributed by atoms with Gasteiger partial charge < -0.3 is 4.74 Å². The molecule has 0 N–H and O–H groups in total. The molecule has 15 heavy (non-hydrogen) atoms. The highest BCUT2D eigenvalue weighted by atomic mass is 16.5. The average molecular weight is 204 g/mol. The fraction of sp³-hybridized carbons (Fsp3) is 0.308. The van der Waals surface area contributed by atoms with Crippen LogP contribution in [0.2, 0.25) is 0 Å². The lowest BCUT2D eigenvalue weighted by Crippen LogP contribution is -2.12. The maximum Gasteiger partial charge on any atom is 0.338 e. The zero-order valence-corrected chi connectivity index (χ0v) is 9.36. The molecule has 1 aromatic rings. The first-order valence-corrected chi connectivity index (χ1v) is 5.08. The zero-order chi connectivity index (χ0) is 11.3. The molecule has 0 atom stereocenters. The van der Waals surface area contributed by atoms with E-state index in [-0.39, 0.29) is 12.1 Å². The second-order valence-electron chi connectivity index (χ2n) is 3.52. The fourth-order valence-electron chi connectivity index (χ4n) is 1.30. The Morgan fingerprint density at radius 1 is 1.27 bits per heavy atom. The van der Waals surface area contributed by atoms with Crippen LogP contribution < -0.4 is 0 Å². The third-order valence-electron chi connectivity index (χ3n) is 1.94. The number of allylic oxidation sites excluding steroid dienone is 1. The molecule has 0 spiro atoms. The minimum Gasteiger partial charge on any atom is -0.459 e. The minimum absolute atomic E-state index is 0.0869. The maximum absolute atomic E-state index is 11.7. The van der Waals surface area contributed by atoms with Gasteiger partial charge in [-0.2, -0.15) is 0 Å². The third-order valence-corrected chi connectivity index (χ3v) is 1.94. The average Bonchev–Trinajstić information content (AvgIpc) is 2.19. The molecule has 2 nitrogen and oxygen atoms in total. The van der Waals surface area contributed by atoms with Gasteiger partial charge in [-0.05, 0) is 26.3 Å². The van der Waals surface area contributed by atoms with Crippen LogP contribution in [0.5, 0.6) is 0 Å². The Labute approximate surface area is 90.6 Å². The van der Waals surface area contributed by atoms with E-state index in [0.29, 0.717) is 5.57 Å². The number of benzene rings is 1. The van der Waals surface area contributed by atoms with Crippen molar-refractivity contribution in [1.29, 1.82) is 0 Å². The van der Waals surface area contributed by atoms with Gasteiger partial charge in [0.2, 0.25) is 0 Å². The lowest BCUT2D eigenvalue weighted by molar-refractivity contribution is -0.140. The minimum atomic E-state index is -0.265. The Morgan fingerprint density at radius 3 is 2.33 bits per heavy atom. The van der Waals surface area contributed by atoms with E-state index in [1.54, 1.807) is 6.08 Å². The van der Waals surface area contributed by atoms with Crippen LogP contribution in [0, 0.1) is 0 Å². The zero-order valence-electron chi connectivity index (χ0n) is 9.36. The molecule has 0 amide bonds. The summed E-state index contributed by atoms with van der Waals surface area (Å²) < 4.78 is 5.15. The summed E-state index contributed by atoms with van der Waals surface area (Å²) in [7, 11) is 0. The quantitative estimate of drug-likeness (QED) is 0.558. The summed E-state index contributed by atoms with van der Waals surface area (Å²) >= 11 is 0. The Kier molecular flexibility index (Phi) is 4.10. The molecule has 0 radical (unpaired) electrons. The fourth-order valence-corrected chi connectivity index (χ4v) is 1.30. The number of ether oxygens (including phenoxy) is 1. The van der Waals surface area contributed by atoms with Crippen LogP contribution in [0.1, 0.15) is 26.3 Å². The van der Waals surface area contributed by atoms with Crippen LogP contribution >= 0.6 is 0 Å². The number of carbonyl (C=O) groups is 1. The molecule has 0 aliphatic carbocycles. The van der Waals surface area contributed by atoms with Crippen LogP contribution in [0.15, 0.2) is 36.4 Å². The second kappa shape index (κ2) is 5.35. The normalized spacial score (nSPS) is 11.6. The molecule has 0 fully saturated rings. The van der Waals surface area contributed by atoms with Gasteiger partial charge in [0.15, 0.2) is 0 Å². The van der Waals surface area contributed by atoms with E-state index < -0.39 is 0 Å². The highest BCUT2D eigenvalue weighted by molar-refractivity contribution is 6.16. The molecule has 1 aromatic carbocycles. The highest BCUT2D eigenvalue weighted by Crippen LogP contribution is 2.16. The molecule has 0 unspecified atom stereocenters. The summed E-state index contributed by atoms with van der Waals surface area (Å²) in [6, 6.07) is 9.53. The van der Waals surface area contributed by atoms with Crippen molar-refractivity contribution < 1.29 is 9.53 Å². The molecular formula is C13H16O2. The molecule has 0 saturated carbocycles. The predicted molar refractivity (Wildman–Crippen MR) is 61.3 cm³/mol. The smallest absolute Gasteiger partial charge is 0.338 e. The Balaban J connectivity index is 2.87. The number of carbonyl (C=O) groups excluding carboxylic acids is 1. The van der Waals surface area contributed by atoms with Crippen molar-refractivity contribution in [2.45, 2.75) is 26.9 Å². The van der Waals surface area contributed by atoms with E-state index >= 15 is 0 Å². The molecule has 0 aromatic heterocycles. The van der Waals surface area contributed by atoms with Crippen molar-refractivity contribution >= 4 is 11.5 Å². The van der Waals surface area contributed by atoms with Gasteiger partial charge in [-0.15, -0.1) is 0 Å². The number of hydrogen-bond acceptors (Lipinski definition) is 2. The second-order valence-corrected chi connectivity index (χ2v) is 3.52. The summed E-state index contributed by atoms with van der Waals surface area (Å²) in [6.45, 7) is 5.52. The molecular weight excluding hydrogens is 188 g/mol. The third kappa shape index (κ3) is 3.24. The Bertz CT molecular complexity index is 350. The van der Waals surface area contributed by atoms with Crippen molar-refractivity contribution in [3.63, 3.8) is 0 Å². The van der Waals surface area contributed by atoms with E-state index in [4.69, 9.17) is 4.74 Å². The highest BCUT2D eigenvalue weighted by Gasteiger charge is 2.13. The molecule has 2 heteroatoms. The van der Waals surface area contributed by atoms with Gasteiger partial charge in [-0.1, -0.05) is 36.4 Å². The first kappa shape index (κ1) is 11.5. The van der Waals surface area contributed by atoms with Crippen molar-refractivity contribution in [2.24, 2.45) is 0 Å². The topological polar surface area (TPSA) is 26.3 Å². The maximum atomic E-state index is 11.7. The predicted octanol–water partition coefficient (Wildman–Crippen LogP) is 3.04. The van der Waals surface area contributed by atoms with Crippen molar-refractivity contribution in [2.75, 3.05) is 0 Å². The van der Waals surface area contributed by atoms with Crippen LogP contribution in [0.4, 0.5) is 0 Å². The lowest BCUT2D eigenvalue weighted by atomic mass is 10.1. The van der Waals surface area contributed by atoms with Gasteiger partial charge >= 0.3 is 5.97 Å². The van der Waals surface area contributed by atoms with Crippen LogP contribution in [-0.4, -0.2) is 12.1 Å². The first-order valence-electron chi connectivity index (χ1n) is 5.08. The van der Waals surface area contributed by atoms with E-state index in [9.17, 15) is 4.79 Å². The van der Waals surface area contributed by atoms with Gasteiger partial charge in [-0.3, -0.25) is 0 Å². The van der Waals surface area contributed by atoms with E-state index in [2.05, 4.69) is 0 Å². The van der Waals surface area contributed by atoms with Crippen LogP contribution in [0.25, 0.3) is 5.57 Å². The molecule has 0 saturated heterocycles. The molecule has 0 heterocycles. The van der Waals surface area contributed by atoms with Gasteiger partial charge in [0.25, 0.3) is 0 Å². The van der Waals surface area contributed by atoms with Crippen molar-refractivity contribution in [3.8, 4) is 0 Å². The number of hydrogen-bond donors (Lipinski definition) is 0. The summed E-state index contributed by atoms with van der Waals surface area (Å²) in [4.78, 5) is 11.7. The summed E-state index contributed by atoms with van der Waals surface area (Å²) in [5.41, 5.74) is 1.51. The largest absolute Gasteiger partial charge is 0.459 e. The molecule has 0 aliphatic rings. The molecule has 80 valence electrons. The van der Waals surface area contributed by atoms with Crippen molar-refractivity contribution in [1.82, 2.24) is 0 Å². The van der Waals surface area contributed by atoms with E-state index in [0.717, 1.165) is 5.56 Å². The summed E-state index contributed by atoms with van der Waals surface area (Å²) in [5.74, 6) is -0.265. The standard InChI is InChI=1S/C13H16O2/c1-4-12(13(14)15-10(2)3)11-8-6-5-7-9-11/h4-10H,1-3H3/b12-4-. The molecule has 1 rings (SSSR count). The van der Waals surface area contributed by atoms with E-state index in [1.165, 1.54) is 0 Å². The van der Waals surface area contributed by atoms with Gasteiger partial charge in [0, 0.05) is 0 Å². The van der Waals surface area contributed by atoms with Crippen LogP contribution in [0.3, 0.4) is 0 Å². The lowest BCUT2D eigenvalue weighted by Gasteiger charge is -2.10. The van der Waals surface area contributed by atoms with Crippen molar-refractivity contribution in [3.05, 3.63) is 42.0 Å². The van der Waals surface area contributed by atoms with E-state index in [1.807, 2.05) is 51.1 Å². The van der Waals surface area contributed by atoms with Gasteiger partial charge in [0.05, 0.1) is 11.7 Å². The molecule has 0 aliphatic heterocycles. The Morgan fingerprint density at radius 2 is 1.87 bits per heavy atom. The first-order chi connectivity index (χ1) is 7.15. The summed E-state index contributed by atoms with van der Waals surface area (Å²) in [5, 5.41) is 0. The summed E-state index contributed by atoms with van der Waals surface area (Å²) in [6.07, 6.45) is 1.69. The van der Waals surface area contributed by atoms with Gasteiger partial charge in [-0.25, -0.2) is 4.79 Å².